The molecule has 9 N–H and O–H groups in total. The summed E-state index contributed by atoms with van der Waals surface area (Å²) in [6, 6.07) is 30.0. The number of carboxylic acid groups (broad SMARTS) is 2. The Morgan fingerprint density at radius 1 is 0.533 bits per heavy atom. The van der Waals surface area contributed by atoms with Crippen LogP contribution in [0.1, 0.15) is 202 Å². The summed E-state index contributed by atoms with van der Waals surface area (Å²) in [4.78, 5) is 133. The molecule has 8 aromatic rings. The number of nitrogens with one attached hydrogen (secondary N) is 5. The van der Waals surface area contributed by atoms with Crippen molar-refractivity contribution < 1.29 is 153 Å². The van der Waals surface area contributed by atoms with E-state index in [0.717, 1.165) is 0 Å². The van der Waals surface area contributed by atoms with Gasteiger partial charge in [0.25, 0.3) is 29.4 Å². The molecule has 0 aliphatic carbocycles. The largest absolute Gasteiger partial charge is 1.00 e. The average molecular weight is 1790 g/mol. The summed E-state index contributed by atoms with van der Waals surface area (Å²) in [5.74, 6) is -6.09. The van der Waals surface area contributed by atoms with Crippen LogP contribution in [0, 0.1) is 57.3 Å². The summed E-state index contributed by atoms with van der Waals surface area (Å²) in [5, 5.41) is 72.2. The van der Waals surface area contributed by atoms with E-state index in [1.807, 2.05) is 47.6 Å². The molecule has 0 radical (unpaired) electrons. The van der Waals surface area contributed by atoms with Crippen molar-refractivity contribution in [3.63, 3.8) is 0 Å². The standard InChI is InChI=1S/C18H22ClN3O3.C14H14ClN3O3.C12H10ClN3O3.C11H19N3O2.C7H4Cl2O.C7H9NO3.C6H10O4.C3H4N.CH2O2.K/c1-6-25-17(24)14-11(2)15(22(21-14)18(3,4)5)20-16(23)12-9-7-8-10-13(12)19;1-3-21-14(20)11-8(2)12(18-17-11)16-13(19)9-6-4-5-7-10(9)15;1-6-9(12(18)19)15-16-10(6)14-11(17)7-4-2-3-5-8(7)13;1-6-16-10(15)8-7(2)9(12)14(13-8)11(3,4)5;8-6-4-2-1-3-5(6)7(9)10;1-3-11-7(10)6(9)5(2)4-8;1-3-9-5(7)6(8)10-4-2;1-2-3-4;2-1-3;/h7-10H,6H2,1-5H3,(H,20,23);4-7H,3H2,1-2H3,(H2,16,17,18,19);2-5H,1H3,(H,18,19)(H2,14,15,16,17);6,12H2,1-5H3;1-4H;9H,3H2,1-2H3;3-4H2,1-2H3;1-2H2;1H,(H,2,3);/q;;;;;;;+1;;+1/p-1/b;;;;;6-5-;;;;. The van der Waals surface area contributed by atoms with Crippen LogP contribution in [-0.4, -0.2) is 161 Å². The molecule has 0 saturated heterocycles. The minimum Gasteiger partial charge on any atom is -0.867 e. The fourth-order valence-corrected chi connectivity index (χ4v) is 9.55. The number of nitriles is 2. The van der Waals surface area contributed by atoms with E-state index in [0.29, 0.717) is 95.0 Å². The van der Waals surface area contributed by atoms with Crippen molar-refractivity contribution in [2.24, 2.45) is 0 Å². The summed E-state index contributed by atoms with van der Waals surface area (Å²) < 4.78 is 31.2. The topological polar surface area (TPSA) is 526 Å². The molecule has 0 fully saturated rings. The first-order valence-electron chi connectivity index (χ1n) is 35.3. The number of rotatable bonds is 18. The predicted octanol–water partition coefficient (Wildman–Crippen LogP) is 10.8. The minimum absolute atomic E-state index is 0. The summed E-state index contributed by atoms with van der Waals surface area (Å²) in [6.07, 6.45) is 0.375. The maximum Gasteiger partial charge on any atom is 1.00 e. The summed E-state index contributed by atoms with van der Waals surface area (Å²) in [5.41, 5.74) is 9.13. The molecule has 4 aromatic carbocycles. The number of allylic oxidation sites excluding steroid dienone is 1. The molecule has 4 aromatic heterocycles. The Labute approximate surface area is 760 Å². The molecule has 0 unspecified atom stereocenters. The van der Waals surface area contributed by atoms with Gasteiger partial charge in [0.1, 0.15) is 29.1 Å². The van der Waals surface area contributed by atoms with Crippen molar-refractivity contribution in [3.8, 4) is 12.1 Å². The molecule has 640 valence electrons. The number of carbonyl (C=O) groups excluding carboxylic acids is 10. The Hall–Kier alpha value is -11.2. The van der Waals surface area contributed by atoms with Gasteiger partial charge in [0, 0.05) is 27.8 Å². The van der Waals surface area contributed by atoms with Crippen molar-refractivity contribution in [1.82, 2.24) is 40.0 Å². The van der Waals surface area contributed by atoms with Crippen molar-refractivity contribution in [2.75, 3.05) is 61.3 Å². The molecule has 4 heterocycles. The van der Waals surface area contributed by atoms with Crippen molar-refractivity contribution in [2.45, 2.75) is 135 Å². The van der Waals surface area contributed by atoms with Gasteiger partial charge >= 0.3 is 93.2 Å². The van der Waals surface area contributed by atoms with E-state index in [9.17, 15) is 57.8 Å². The number of carboxylic acids is 1. The zero-order valence-electron chi connectivity index (χ0n) is 69.2. The maximum absolute atomic E-state index is 12.6. The van der Waals surface area contributed by atoms with Gasteiger partial charge in [-0.15, -0.1) is 0 Å². The molecule has 35 nitrogen and oxygen atoms in total. The molecular formula is C79H93Cl5KN14O21+. The van der Waals surface area contributed by atoms with Gasteiger partial charge in [-0.1, -0.05) is 94.9 Å². The summed E-state index contributed by atoms with van der Waals surface area (Å²) in [6.45, 7) is 34.1. The fraction of sp³-hybridized carbons (Fsp3) is 0.329. The van der Waals surface area contributed by atoms with Crippen LogP contribution in [0.2, 0.25) is 20.1 Å². The normalized spacial score (nSPS) is 10.1. The zero-order chi connectivity index (χ0) is 91.2. The second kappa shape index (κ2) is 57.1. The molecule has 41 heteroatoms. The number of nitrogens with zero attached hydrogens (tertiary/aromatic N) is 8. The van der Waals surface area contributed by atoms with Crippen LogP contribution >= 0.6 is 58.0 Å². The number of amides is 3. The van der Waals surface area contributed by atoms with E-state index in [2.05, 4.69) is 67.7 Å². The first-order valence-corrected chi connectivity index (χ1v) is 37.2. The summed E-state index contributed by atoms with van der Waals surface area (Å²) >= 11 is 28.7. The number of aromatic carboxylic acids is 1. The van der Waals surface area contributed by atoms with Gasteiger partial charge in [0.05, 0.1) is 106 Å². The number of esters is 6. The number of hydrogen-bond donors (Lipinski definition) is 8. The number of aromatic nitrogens is 8. The smallest absolute Gasteiger partial charge is 0.867 e. The molecule has 0 atom stereocenters. The van der Waals surface area contributed by atoms with Crippen LogP contribution in [-0.2, 0) is 58.7 Å². The van der Waals surface area contributed by atoms with E-state index in [1.54, 1.807) is 182 Å². The third-order valence-electron chi connectivity index (χ3n) is 14.1. The number of nitrogen functional groups attached to an aromatic ring is 1. The number of hydrogen-bond acceptors (Lipinski definition) is 26. The van der Waals surface area contributed by atoms with Crippen molar-refractivity contribution in [1.29, 1.82) is 10.5 Å². The second-order valence-corrected chi connectivity index (χ2v) is 26.7. The van der Waals surface area contributed by atoms with Crippen LogP contribution in [0.3, 0.4) is 0 Å². The number of nitrogens with two attached hydrogens (primary N) is 1. The van der Waals surface area contributed by atoms with E-state index < -0.39 is 70.1 Å². The van der Waals surface area contributed by atoms with Crippen molar-refractivity contribution >= 4 is 152 Å². The average Bonchev–Trinajstić information content (AvgIpc) is 1.70. The molecular weight excluding hydrogens is 1700 g/mol. The zero-order valence-corrected chi connectivity index (χ0v) is 76.1. The number of carbonyl (C=O) groups is 12. The molecule has 0 bridgehead atoms. The van der Waals surface area contributed by atoms with Gasteiger partial charge in [0.15, 0.2) is 29.4 Å². The molecule has 120 heavy (non-hydrogen) atoms. The predicted molar refractivity (Wildman–Crippen MR) is 442 cm³/mol. The Balaban J connectivity index is 0. The third kappa shape index (κ3) is 37.0. The van der Waals surface area contributed by atoms with Gasteiger partial charge < -0.3 is 65.4 Å². The van der Waals surface area contributed by atoms with E-state index >= 15 is 0 Å². The van der Waals surface area contributed by atoms with Gasteiger partial charge in [-0.05, 0) is 184 Å². The number of H-pyrrole nitrogens is 2. The maximum atomic E-state index is 12.6. The quantitative estimate of drug-likeness (QED) is 0.00378. The summed E-state index contributed by atoms with van der Waals surface area (Å²) in [7, 11) is 0. The van der Waals surface area contributed by atoms with Crippen LogP contribution in [0.15, 0.2) is 108 Å². The van der Waals surface area contributed by atoms with Crippen LogP contribution < -0.4 is 78.2 Å². The number of benzene rings is 4. The number of anilines is 4. The van der Waals surface area contributed by atoms with E-state index in [-0.39, 0.29) is 137 Å². The second-order valence-electron chi connectivity index (χ2n) is 24.8. The molecule has 0 saturated carbocycles. The first kappa shape index (κ1) is 111. The Kier molecular flexibility index (Phi) is 52.7. The molecule has 0 aliphatic rings. The fourth-order valence-electron chi connectivity index (χ4n) is 8.45. The van der Waals surface area contributed by atoms with E-state index in [4.69, 9.17) is 103 Å². The Morgan fingerprint density at radius 2 is 0.842 bits per heavy atom. The van der Waals surface area contributed by atoms with Crippen LogP contribution in [0.4, 0.5) is 23.3 Å². The van der Waals surface area contributed by atoms with Crippen LogP contribution in [0.5, 0.6) is 0 Å². The van der Waals surface area contributed by atoms with Crippen molar-refractivity contribution in [3.05, 3.63) is 203 Å². The SMILES string of the molecule is CCOC(=O)/C([O-])=C(\C)C#N.CCOC(=O)C(=O)OCC.CCOC(=O)c1[nH]nc(NC(=O)c2ccccc2Cl)c1C.CCOC(=O)c1nn(C(C)(C)C)c(N)c1C.CCOC(=O)c1nn(C(C)(C)C)c(NC(=O)c2ccccc2Cl)c1C.Cc1c(NC(=O)c2ccccc2Cl)n[nH]c1C(=O)O.O=C(Cl)c1ccccc1Cl.O=CO.[CH2+]CC#N.[K+]. The monoisotopic (exact) mass is 1790 g/mol. The molecule has 0 aliphatic heterocycles. The van der Waals surface area contributed by atoms with Gasteiger partial charge in [-0.2, -0.15) is 30.9 Å². The molecule has 8 rings (SSSR count). The minimum atomic E-state index is -1.14. The molecule has 0 spiro atoms. The number of ether oxygens (including phenoxy) is 6. The van der Waals surface area contributed by atoms with Crippen LogP contribution in [0.25, 0.3) is 0 Å². The Bertz CT molecular complexity index is 4900. The number of halogens is 5. The van der Waals surface area contributed by atoms with Gasteiger partial charge in [-0.25, -0.2) is 42.9 Å². The first-order chi connectivity index (χ1) is 55.9. The van der Waals surface area contributed by atoms with Gasteiger partial charge in [0.2, 0.25) is 0 Å². The molecule has 3 amide bonds. The van der Waals surface area contributed by atoms with E-state index in [1.165, 1.54) is 6.92 Å². The van der Waals surface area contributed by atoms with Gasteiger partial charge in [-0.3, -0.25) is 34.2 Å². The number of aromatic amines is 2. The Morgan fingerprint density at radius 3 is 1.14 bits per heavy atom. The third-order valence-corrected chi connectivity index (χ3v) is 15.7.